The standard InChI is InChI=1S/C25H25Cl2N3O3/c1-23(2)24(3)8-9-25(23,22(31)30-18-10-13(32-4)6-7-19(18)33-5)21-20(24)28-16-11-14(26)15(27)12-17(16)29-21/h6-7,10-12H,8-9H2,1-5H3,(H,30,31). The van der Waals surface area contributed by atoms with Crippen molar-refractivity contribution in [1.29, 1.82) is 0 Å². The van der Waals surface area contributed by atoms with Gasteiger partial charge in [-0.25, -0.2) is 9.97 Å². The molecule has 3 aromatic rings. The van der Waals surface area contributed by atoms with E-state index < -0.39 is 10.8 Å². The van der Waals surface area contributed by atoms with Gasteiger partial charge in [-0.3, -0.25) is 4.79 Å². The van der Waals surface area contributed by atoms with Crippen LogP contribution in [0.5, 0.6) is 11.5 Å². The van der Waals surface area contributed by atoms with Gasteiger partial charge in [0.25, 0.3) is 0 Å². The van der Waals surface area contributed by atoms with Gasteiger partial charge in [0.15, 0.2) is 0 Å². The van der Waals surface area contributed by atoms with Crippen LogP contribution in [-0.4, -0.2) is 30.1 Å². The molecule has 172 valence electrons. The molecule has 1 amide bonds. The van der Waals surface area contributed by atoms with E-state index in [1.54, 1.807) is 44.6 Å². The number of fused-ring (bicyclic) bond motifs is 6. The largest absolute Gasteiger partial charge is 0.497 e. The average Bonchev–Trinajstić information content (AvgIpc) is 3.08. The second-order valence-corrected chi connectivity index (χ2v) is 10.4. The highest BCUT2D eigenvalue weighted by Gasteiger charge is 2.73. The van der Waals surface area contributed by atoms with Crippen LogP contribution in [0.15, 0.2) is 30.3 Å². The molecule has 0 saturated heterocycles. The van der Waals surface area contributed by atoms with Crippen molar-refractivity contribution in [3.8, 4) is 11.5 Å². The number of nitrogens with zero attached hydrogens (tertiary/aromatic N) is 2. The zero-order chi connectivity index (χ0) is 23.8. The maximum Gasteiger partial charge on any atom is 0.237 e. The van der Waals surface area contributed by atoms with Crippen LogP contribution in [-0.2, 0) is 15.6 Å². The molecule has 1 fully saturated rings. The number of methoxy groups -OCH3 is 2. The number of carbonyl (C=O) groups excluding carboxylic acids is 1. The van der Waals surface area contributed by atoms with E-state index in [1.807, 2.05) is 0 Å². The first kappa shape index (κ1) is 22.2. The van der Waals surface area contributed by atoms with Crippen molar-refractivity contribution in [1.82, 2.24) is 9.97 Å². The summed E-state index contributed by atoms with van der Waals surface area (Å²) in [5, 5.41) is 3.96. The molecular formula is C25H25Cl2N3O3. The van der Waals surface area contributed by atoms with Gasteiger partial charge in [0.1, 0.15) is 11.5 Å². The lowest BCUT2D eigenvalue weighted by atomic mass is 9.63. The molecular weight excluding hydrogens is 461 g/mol. The number of ether oxygens (including phenoxy) is 2. The topological polar surface area (TPSA) is 73.3 Å². The molecule has 8 heteroatoms. The molecule has 2 aromatic carbocycles. The molecule has 5 rings (SSSR count). The number of benzene rings is 2. The molecule has 2 aliphatic rings. The number of hydrogen-bond acceptors (Lipinski definition) is 5. The van der Waals surface area contributed by atoms with Gasteiger partial charge in [-0.2, -0.15) is 0 Å². The van der Waals surface area contributed by atoms with Gasteiger partial charge in [-0.05, 0) is 42.5 Å². The van der Waals surface area contributed by atoms with E-state index >= 15 is 0 Å². The van der Waals surface area contributed by atoms with E-state index in [-0.39, 0.29) is 11.3 Å². The Morgan fingerprint density at radius 3 is 2.18 bits per heavy atom. The van der Waals surface area contributed by atoms with E-state index in [0.717, 1.165) is 12.1 Å². The number of hydrogen-bond donors (Lipinski definition) is 1. The van der Waals surface area contributed by atoms with E-state index in [2.05, 4.69) is 26.1 Å². The van der Waals surface area contributed by atoms with Crippen molar-refractivity contribution in [2.24, 2.45) is 5.41 Å². The molecule has 0 radical (unpaired) electrons. The molecule has 2 aliphatic carbocycles. The van der Waals surface area contributed by atoms with Crippen LogP contribution in [0.4, 0.5) is 5.69 Å². The molecule has 1 heterocycles. The average molecular weight is 486 g/mol. The molecule has 2 atom stereocenters. The first-order chi connectivity index (χ1) is 15.6. The molecule has 0 aliphatic heterocycles. The summed E-state index contributed by atoms with van der Waals surface area (Å²) < 4.78 is 10.8. The lowest BCUT2D eigenvalue weighted by Crippen LogP contribution is -2.48. The summed E-state index contributed by atoms with van der Waals surface area (Å²) in [5.74, 6) is 1.06. The smallest absolute Gasteiger partial charge is 0.237 e. The lowest BCUT2D eigenvalue weighted by molar-refractivity contribution is -0.125. The highest BCUT2D eigenvalue weighted by atomic mass is 35.5. The highest BCUT2D eigenvalue weighted by Crippen LogP contribution is 2.70. The number of amides is 1. The Kier molecular flexibility index (Phi) is 4.86. The van der Waals surface area contributed by atoms with Gasteiger partial charge in [0, 0.05) is 11.5 Å². The zero-order valence-electron chi connectivity index (χ0n) is 19.2. The van der Waals surface area contributed by atoms with Gasteiger partial charge in [0.05, 0.1) is 57.8 Å². The third-order valence-electron chi connectivity index (χ3n) is 8.12. The monoisotopic (exact) mass is 485 g/mol. The maximum atomic E-state index is 14.1. The van der Waals surface area contributed by atoms with Crippen molar-refractivity contribution in [2.45, 2.75) is 44.4 Å². The minimum absolute atomic E-state index is 0.129. The number of carbonyl (C=O) groups is 1. The summed E-state index contributed by atoms with van der Waals surface area (Å²) in [5.41, 5.74) is 1.83. The fourth-order valence-electron chi connectivity index (χ4n) is 5.74. The second-order valence-electron chi connectivity index (χ2n) is 9.56. The van der Waals surface area contributed by atoms with Crippen molar-refractivity contribution in [3.63, 3.8) is 0 Å². The van der Waals surface area contributed by atoms with Gasteiger partial charge in [-0.15, -0.1) is 0 Å². The molecule has 1 saturated carbocycles. The van der Waals surface area contributed by atoms with Crippen LogP contribution in [0.25, 0.3) is 11.0 Å². The van der Waals surface area contributed by atoms with E-state index in [4.69, 9.17) is 42.6 Å². The van der Waals surface area contributed by atoms with Gasteiger partial charge >= 0.3 is 0 Å². The molecule has 6 nitrogen and oxygen atoms in total. The van der Waals surface area contributed by atoms with Gasteiger partial charge in [0.2, 0.25) is 5.91 Å². The predicted molar refractivity (Wildman–Crippen MR) is 130 cm³/mol. The first-order valence-corrected chi connectivity index (χ1v) is 11.6. The number of anilines is 1. The lowest BCUT2D eigenvalue weighted by Gasteiger charge is -2.39. The quantitative estimate of drug-likeness (QED) is 0.496. The second kappa shape index (κ2) is 7.21. The van der Waals surface area contributed by atoms with E-state index in [9.17, 15) is 4.79 Å². The Balaban J connectivity index is 1.69. The summed E-state index contributed by atoms with van der Waals surface area (Å²) in [6.07, 6.45) is 1.50. The normalized spacial score (nSPS) is 24.6. The summed E-state index contributed by atoms with van der Waals surface area (Å²) in [4.78, 5) is 24.1. The Labute approximate surface area is 202 Å². The molecule has 2 unspecified atom stereocenters. The van der Waals surface area contributed by atoms with Gasteiger partial charge in [-0.1, -0.05) is 44.0 Å². The van der Waals surface area contributed by atoms with Crippen molar-refractivity contribution >= 4 is 45.8 Å². The summed E-state index contributed by atoms with van der Waals surface area (Å²) >= 11 is 12.5. The summed E-state index contributed by atoms with van der Waals surface area (Å²) in [7, 11) is 3.16. The minimum Gasteiger partial charge on any atom is -0.497 e. The van der Waals surface area contributed by atoms with E-state index in [0.29, 0.717) is 50.4 Å². The number of rotatable bonds is 4. The molecule has 1 aromatic heterocycles. The molecule has 33 heavy (non-hydrogen) atoms. The van der Waals surface area contributed by atoms with Crippen LogP contribution >= 0.6 is 23.2 Å². The molecule has 1 N–H and O–H groups in total. The van der Waals surface area contributed by atoms with E-state index in [1.165, 1.54) is 0 Å². The fourth-order valence-corrected chi connectivity index (χ4v) is 6.06. The zero-order valence-corrected chi connectivity index (χ0v) is 20.7. The summed E-state index contributed by atoms with van der Waals surface area (Å²) in [6, 6.07) is 8.78. The van der Waals surface area contributed by atoms with Crippen molar-refractivity contribution < 1.29 is 14.3 Å². The molecule has 2 bridgehead atoms. The van der Waals surface area contributed by atoms with Crippen LogP contribution < -0.4 is 14.8 Å². The number of aromatic nitrogens is 2. The summed E-state index contributed by atoms with van der Waals surface area (Å²) in [6.45, 7) is 6.45. The Bertz CT molecular complexity index is 1330. The van der Waals surface area contributed by atoms with Gasteiger partial charge < -0.3 is 14.8 Å². The number of nitrogens with one attached hydrogen (secondary N) is 1. The fraction of sp³-hybridized carbons (Fsp3) is 0.400. The maximum absolute atomic E-state index is 14.1. The minimum atomic E-state index is -0.863. The predicted octanol–water partition coefficient (Wildman–Crippen LogP) is 5.92. The number of halogens is 2. The Hall–Kier alpha value is -2.57. The van der Waals surface area contributed by atoms with Crippen LogP contribution in [0.3, 0.4) is 0 Å². The third-order valence-corrected chi connectivity index (χ3v) is 8.84. The van der Waals surface area contributed by atoms with Crippen molar-refractivity contribution in [2.75, 3.05) is 19.5 Å². The Morgan fingerprint density at radius 1 is 0.939 bits per heavy atom. The van der Waals surface area contributed by atoms with Crippen LogP contribution in [0.1, 0.15) is 45.0 Å². The highest BCUT2D eigenvalue weighted by molar-refractivity contribution is 6.42. The third kappa shape index (κ3) is 2.77. The van der Waals surface area contributed by atoms with Crippen molar-refractivity contribution in [3.05, 3.63) is 51.8 Å². The Morgan fingerprint density at radius 2 is 1.58 bits per heavy atom. The van der Waals surface area contributed by atoms with Crippen LogP contribution in [0, 0.1) is 5.41 Å². The molecule has 0 spiro atoms. The SMILES string of the molecule is COc1ccc(OC)c(NC(=O)C23CCC(C)(c4nc5cc(Cl)c(Cl)cc5nc42)C3(C)C)c1. The first-order valence-electron chi connectivity index (χ1n) is 10.8. The van der Waals surface area contributed by atoms with Crippen LogP contribution in [0.2, 0.25) is 10.0 Å².